The lowest BCUT2D eigenvalue weighted by atomic mass is 10.2. The van der Waals surface area contributed by atoms with Gasteiger partial charge in [-0.05, 0) is 38.0 Å². The first-order valence-electron chi connectivity index (χ1n) is 9.19. The standard InChI is InChI=1S/C19H26N4O3/c1-14-7-8-18(25)23(14)17-6-3-5-16(13-17)20-19(26)22-10-4-9-21(11-12-22)15(2)24/h3,5-6,13-14H,4,7-12H2,1-2H3,(H,20,26). The average molecular weight is 358 g/mol. The minimum absolute atomic E-state index is 0.0457. The summed E-state index contributed by atoms with van der Waals surface area (Å²) in [7, 11) is 0. The normalized spacial score (nSPS) is 20.9. The van der Waals surface area contributed by atoms with Gasteiger partial charge in [0, 0.05) is 56.9 Å². The molecule has 3 rings (SSSR count). The largest absolute Gasteiger partial charge is 0.341 e. The van der Waals surface area contributed by atoms with Gasteiger partial charge < -0.3 is 20.0 Å². The van der Waals surface area contributed by atoms with Gasteiger partial charge in [-0.2, -0.15) is 0 Å². The Morgan fingerprint density at radius 2 is 1.85 bits per heavy atom. The molecule has 0 spiro atoms. The van der Waals surface area contributed by atoms with Crippen LogP contribution in [0.3, 0.4) is 0 Å². The number of carbonyl (C=O) groups is 3. The first-order chi connectivity index (χ1) is 12.5. The third kappa shape index (κ3) is 3.98. The molecule has 1 aromatic rings. The fourth-order valence-electron chi connectivity index (χ4n) is 3.60. The molecular formula is C19H26N4O3. The van der Waals surface area contributed by atoms with Crippen LogP contribution in [0.15, 0.2) is 24.3 Å². The molecule has 2 aliphatic rings. The Balaban J connectivity index is 1.65. The van der Waals surface area contributed by atoms with E-state index in [0.29, 0.717) is 38.3 Å². The summed E-state index contributed by atoms with van der Waals surface area (Å²) in [6, 6.07) is 7.42. The van der Waals surface area contributed by atoms with E-state index in [9.17, 15) is 14.4 Å². The Hall–Kier alpha value is -2.57. The van der Waals surface area contributed by atoms with Crippen molar-refractivity contribution in [3.63, 3.8) is 0 Å². The van der Waals surface area contributed by atoms with E-state index in [1.165, 1.54) is 0 Å². The summed E-state index contributed by atoms with van der Waals surface area (Å²) in [4.78, 5) is 41.5. The minimum atomic E-state index is -0.173. The number of hydrogen-bond acceptors (Lipinski definition) is 3. The van der Waals surface area contributed by atoms with Crippen LogP contribution >= 0.6 is 0 Å². The van der Waals surface area contributed by atoms with Gasteiger partial charge in [0.1, 0.15) is 0 Å². The summed E-state index contributed by atoms with van der Waals surface area (Å²) in [5.74, 6) is 0.169. The second-order valence-corrected chi connectivity index (χ2v) is 6.98. The highest BCUT2D eigenvalue weighted by Crippen LogP contribution is 2.28. The summed E-state index contributed by atoms with van der Waals surface area (Å²) in [6.07, 6.45) is 2.20. The number of hydrogen-bond donors (Lipinski definition) is 1. The van der Waals surface area contributed by atoms with Gasteiger partial charge >= 0.3 is 6.03 Å². The quantitative estimate of drug-likeness (QED) is 0.882. The molecule has 1 atom stereocenters. The number of benzene rings is 1. The fourth-order valence-corrected chi connectivity index (χ4v) is 3.60. The van der Waals surface area contributed by atoms with Crippen molar-refractivity contribution in [2.75, 3.05) is 36.4 Å². The predicted octanol–water partition coefficient (Wildman–Crippen LogP) is 2.29. The number of rotatable bonds is 2. The van der Waals surface area contributed by atoms with Crippen LogP contribution in [0.4, 0.5) is 16.2 Å². The average Bonchev–Trinajstić information content (AvgIpc) is 2.81. The van der Waals surface area contributed by atoms with Crippen molar-refractivity contribution in [1.29, 1.82) is 0 Å². The van der Waals surface area contributed by atoms with Gasteiger partial charge in [-0.3, -0.25) is 9.59 Å². The highest BCUT2D eigenvalue weighted by Gasteiger charge is 2.29. The van der Waals surface area contributed by atoms with E-state index < -0.39 is 0 Å². The van der Waals surface area contributed by atoms with Gasteiger partial charge in [0.05, 0.1) is 0 Å². The molecular weight excluding hydrogens is 332 g/mol. The van der Waals surface area contributed by atoms with Crippen LogP contribution in [0, 0.1) is 0 Å². The molecule has 2 heterocycles. The monoisotopic (exact) mass is 358 g/mol. The molecule has 26 heavy (non-hydrogen) atoms. The number of nitrogens with one attached hydrogen (secondary N) is 1. The van der Waals surface area contributed by atoms with Crippen LogP contribution < -0.4 is 10.2 Å². The molecule has 140 valence electrons. The maximum Gasteiger partial charge on any atom is 0.321 e. The van der Waals surface area contributed by atoms with Crippen molar-refractivity contribution in [1.82, 2.24) is 9.80 Å². The second-order valence-electron chi connectivity index (χ2n) is 6.98. The van der Waals surface area contributed by atoms with Crippen LogP contribution in [-0.4, -0.2) is 59.9 Å². The molecule has 2 fully saturated rings. The first kappa shape index (κ1) is 18.2. The highest BCUT2D eigenvalue weighted by atomic mass is 16.2. The van der Waals surface area contributed by atoms with Crippen molar-refractivity contribution >= 4 is 29.2 Å². The van der Waals surface area contributed by atoms with Gasteiger partial charge in [0.15, 0.2) is 0 Å². The third-order valence-corrected chi connectivity index (χ3v) is 5.09. The van der Waals surface area contributed by atoms with Gasteiger partial charge in [0.2, 0.25) is 11.8 Å². The van der Waals surface area contributed by atoms with Crippen LogP contribution in [0.1, 0.15) is 33.1 Å². The molecule has 2 saturated heterocycles. The van der Waals surface area contributed by atoms with Gasteiger partial charge in [-0.25, -0.2) is 4.79 Å². The number of urea groups is 1. The molecule has 1 unspecified atom stereocenters. The molecule has 2 aliphatic heterocycles. The summed E-state index contributed by atoms with van der Waals surface area (Å²) >= 11 is 0. The Kier molecular flexibility index (Phi) is 5.44. The number of carbonyl (C=O) groups excluding carboxylic acids is 3. The second kappa shape index (κ2) is 7.76. The van der Waals surface area contributed by atoms with Crippen molar-refractivity contribution < 1.29 is 14.4 Å². The van der Waals surface area contributed by atoms with Crippen molar-refractivity contribution in [3.8, 4) is 0 Å². The molecule has 7 heteroatoms. The van der Waals surface area contributed by atoms with Gasteiger partial charge in [-0.15, -0.1) is 0 Å². The summed E-state index contributed by atoms with van der Waals surface area (Å²) in [5.41, 5.74) is 1.49. The number of amides is 4. The number of nitrogens with zero attached hydrogens (tertiary/aromatic N) is 3. The maximum absolute atomic E-state index is 12.6. The lowest BCUT2D eigenvalue weighted by Crippen LogP contribution is -2.38. The van der Waals surface area contributed by atoms with E-state index in [0.717, 1.165) is 18.5 Å². The number of anilines is 2. The van der Waals surface area contributed by atoms with Crippen molar-refractivity contribution in [3.05, 3.63) is 24.3 Å². The van der Waals surface area contributed by atoms with E-state index in [-0.39, 0.29) is 23.9 Å². The summed E-state index contributed by atoms with van der Waals surface area (Å²) in [5, 5.41) is 2.92. The Morgan fingerprint density at radius 3 is 2.54 bits per heavy atom. The summed E-state index contributed by atoms with van der Waals surface area (Å²) in [6.45, 7) is 5.98. The van der Waals surface area contributed by atoms with Gasteiger partial charge in [0.25, 0.3) is 0 Å². The first-order valence-corrected chi connectivity index (χ1v) is 9.19. The molecule has 0 aliphatic carbocycles. The maximum atomic E-state index is 12.6. The predicted molar refractivity (Wildman–Crippen MR) is 100 cm³/mol. The zero-order valence-corrected chi connectivity index (χ0v) is 15.4. The molecule has 1 N–H and O–H groups in total. The van der Waals surface area contributed by atoms with Gasteiger partial charge in [-0.1, -0.05) is 6.07 Å². The Morgan fingerprint density at radius 1 is 1.12 bits per heavy atom. The van der Waals surface area contributed by atoms with E-state index in [2.05, 4.69) is 5.32 Å². The topological polar surface area (TPSA) is 73.0 Å². The molecule has 0 saturated carbocycles. The molecule has 1 aromatic carbocycles. The molecule has 7 nitrogen and oxygen atoms in total. The Labute approximate surface area is 153 Å². The zero-order valence-electron chi connectivity index (χ0n) is 15.4. The van der Waals surface area contributed by atoms with Crippen LogP contribution in [0.5, 0.6) is 0 Å². The smallest absolute Gasteiger partial charge is 0.321 e. The van der Waals surface area contributed by atoms with E-state index in [1.807, 2.05) is 31.2 Å². The minimum Gasteiger partial charge on any atom is -0.341 e. The molecule has 0 radical (unpaired) electrons. The van der Waals surface area contributed by atoms with Crippen LogP contribution in [-0.2, 0) is 9.59 Å². The SMILES string of the molecule is CC(=O)N1CCCN(C(=O)Nc2cccc(N3C(=O)CCC3C)c2)CC1. The lowest BCUT2D eigenvalue weighted by Gasteiger charge is -2.24. The zero-order chi connectivity index (χ0) is 18.7. The Bertz CT molecular complexity index is 706. The molecule has 4 amide bonds. The van der Waals surface area contributed by atoms with Crippen LogP contribution in [0.25, 0.3) is 0 Å². The molecule has 0 aromatic heterocycles. The van der Waals surface area contributed by atoms with E-state index in [1.54, 1.807) is 21.6 Å². The van der Waals surface area contributed by atoms with Crippen molar-refractivity contribution in [2.45, 2.75) is 39.2 Å². The lowest BCUT2D eigenvalue weighted by molar-refractivity contribution is -0.128. The van der Waals surface area contributed by atoms with Crippen molar-refractivity contribution in [2.24, 2.45) is 0 Å². The van der Waals surface area contributed by atoms with Crippen LogP contribution in [0.2, 0.25) is 0 Å². The highest BCUT2D eigenvalue weighted by molar-refractivity contribution is 5.97. The van der Waals surface area contributed by atoms with E-state index in [4.69, 9.17) is 0 Å². The molecule has 0 bridgehead atoms. The van der Waals surface area contributed by atoms with E-state index >= 15 is 0 Å². The third-order valence-electron chi connectivity index (χ3n) is 5.09. The fraction of sp³-hybridized carbons (Fsp3) is 0.526. The summed E-state index contributed by atoms with van der Waals surface area (Å²) < 4.78 is 0.